The van der Waals surface area contributed by atoms with Crippen molar-refractivity contribution in [1.29, 1.82) is 0 Å². The summed E-state index contributed by atoms with van der Waals surface area (Å²) < 4.78 is 46.5. The van der Waals surface area contributed by atoms with Crippen LogP contribution in [-0.2, 0) is 26.6 Å². The van der Waals surface area contributed by atoms with Crippen molar-refractivity contribution in [3.63, 3.8) is 0 Å². The van der Waals surface area contributed by atoms with Crippen molar-refractivity contribution in [3.8, 4) is 0 Å². The molecule has 5 N–H and O–H groups in total. The Hall–Kier alpha value is 0.800. The van der Waals surface area contributed by atoms with Gasteiger partial charge >= 0.3 is 23.5 Å². The molecule has 0 radical (unpaired) electrons. The Morgan fingerprint density at radius 1 is 0.710 bits per heavy atom. The number of phosphoric acid groups is 3. The fraction of sp³-hybridized carbons (Fsp3) is 1.00. The largest absolute Gasteiger partial charge is 0.490 e. The Bertz CT molecular complexity index is 625. The zero-order chi connectivity index (χ0) is 24.2. The summed E-state index contributed by atoms with van der Waals surface area (Å²) in [5.74, 6) is 0. The molecule has 0 spiro atoms. The lowest BCUT2D eigenvalue weighted by atomic mass is 9.95. The minimum absolute atomic E-state index is 0.516. The van der Waals surface area contributed by atoms with Gasteiger partial charge in [-0.2, -0.15) is 8.62 Å². The second kappa shape index (κ2) is 14.9. The third-order valence-corrected chi connectivity index (χ3v) is 10.8. The Morgan fingerprint density at radius 2 is 1.13 bits per heavy atom. The van der Waals surface area contributed by atoms with Crippen LogP contribution in [-0.4, -0.2) is 29.6 Å². The number of unbranched alkanes of at least 4 members (excludes halogenated alkanes) is 8. The molecule has 15 heteroatoms. The maximum atomic E-state index is 12.1. The second-order valence-corrected chi connectivity index (χ2v) is 14.2. The fourth-order valence-corrected chi connectivity index (χ4v) is 8.19. The molecule has 0 rings (SSSR count). The van der Waals surface area contributed by atoms with Crippen LogP contribution in [0.15, 0.2) is 0 Å². The lowest BCUT2D eigenvalue weighted by Crippen LogP contribution is -2.23. The summed E-state index contributed by atoms with van der Waals surface area (Å²) in [6, 6.07) is 0. The molecule has 0 aromatic carbocycles. The van der Waals surface area contributed by atoms with Crippen molar-refractivity contribution in [1.82, 2.24) is 0 Å². The first-order chi connectivity index (χ1) is 14.2. The number of rotatable bonds is 19. The average Bonchev–Trinajstić information content (AvgIpc) is 2.57. The molecule has 0 bridgehead atoms. The molecule has 188 valence electrons. The zero-order valence-corrected chi connectivity index (χ0v) is 22.0. The summed E-state index contributed by atoms with van der Waals surface area (Å²) in [6.07, 6.45) is 10.8. The van der Waals surface area contributed by atoms with Gasteiger partial charge in [-0.25, -0.2) is 18.0 Å². The van der Waals surface area contributed by atoms with Crippen LogP contribution in [0.2, 0.25) is 0 Å². The molecule has 3 atom stereocenters. The molecule has 0 saturated carbocycles. The van der Waals surface area contributed by atoms with Gasteiger partial charge in [0.15, 0.2) is 8.38 Å². The van der Waals surface area contributed by atoms with E-state index in [9.17, 15) is 28.4 Å². The van der Waals surface area contributed by atoms with E-state index in [1.54, 1.807) is 6.92 Å². The van der Waals surface area contributed by atoms with Crippen molar-refractivity contribution >= 4 is 31.8 Å². The van der Waals surface area contributed by atoms with E-state index in [1.165, 1.54) is 0 Å². The van der Waals surface area contributed by atoms with Crippen LogP contribution in [0.4, 0.5) is 0 Å². The van der Waals surface area contributed by atoms with Gasteiger partial charge in [-0.1, -0.05) is 85.0 Å². The Kier molecular flexibility index (Phi) is 15.3. The highest BCUT2D eigenvalue weighted by Crippen LogP contribution is 2.71. The molecular formula is C16H38O11P4. The highest BCUT2D eigenvalue weighted by atomic mass is 31.3. The van der Waals surface area contributed by atoms with Crippen LogP contribution in [0.3, 0.4) is 0 Å². The number of hydrogen-bond acceptors (Lipinski definition) is 7. The van der Waals surface area contributed by atoms with Gasteiger partial charge in [-0.15, -0.1) is 0 Å². The van der Waals surface area contributed by atoms with Crippen LogP contribution in [0.1, 0.15) is 97.8 Å². The normalized spacial score (nSPS) is 17.8. The molecule has 11 nitrogen and oxygen atoms in total. The van der Waals surface area contributed by atoms with Gasteiger partial charge in [0.1, 0.15) is 0 Å². The summed E-state index contributed by atoms with van der Waals surface area (Å²) in [5.41, 5.74) is 0. The van der Waals surface area contributed by atoms with E-state index in [-0.39, 0.29) is 0 Å². The van der Waals surface area contributed by atoms with Crippen molar-refractivity contribution in [2.75, 3.05) is 0 Å². The molecule has 0 heterocycles. The van der Waals surface area contributed by atoms with Crippen LogP contribution in [0.5, 0.6) is 0 Å². The first-order valence-electron chi connectivity index (χ1n) is 10.5. The van der Waals surface area contributed by atoms with Gasteiger partial charge in [0.05, 0.1) is 0 Å². The molecule has 0 fully saturated rings. The molecule has 0 amide bonds. The smallest absolute Gasteiger partial charge is 0.349 e. The Labute approximate surface area is 186 Å². The van der Waals surface area contributed by atoms with Crippen LogP contribution in [0, 0.1) is 0 Å². The Balaban J connectivity index is 5.11. The molecular weight excluding hydrogens is 492 g/mol. The van der Waals surface area contributed by atoms with E-state index in [1.807, 2.05) is 0 Å². The molecule has 0 saturated heterocycles. The van der Waals surface area contributed by atoms with Gasteiger partial charge in [-0.3, -0.25) is 0 Å². The van der Waals surface area contributed by atoms with Crippen LogP contribution in [0.25, 0.3) is 0 Å². The van der Waals surface area contributed by atoms with Gasteiger partial charge in [0.2, 0.25) is 0 Å². The second-order valence-electron chi connectivity index (χ2n) is 7.77. The highest BCUT2D eigenvalue weighted by molar-refractivity contribution is 7.69. The predicted octanol–water partition coefficient (Wildman–Crippen LogP) is 6.11. The molecule has 0 aliphatic rings. The lowest BCUT2D eigenvalue weighted by molar-refractivity contribution is 0.205. The Morgan fingerprint density at radius 3 is 1.52 bits per heavy atom. The highest BCUT2D eigenvalue weighted by Gasteiger charge is 2.45. The van der Waals surface area contributed by atoms with Crippen molar-refractivity contribution < 1.29 is 51.1 Å². The van der Waals surface area contributed by atoms with Crippen LogP contribution < -0.4 is 0 Å². The summed E-state index contributed by atoms with van der Waals surface area (Å²) in [7, 11) is -19.0. The quantitative estimate of drug-likeness (QED) is 0.0960. The molecule has 3 unspecified atom stereocenters. The number of hydrogen-bond donors (Lipinski definition) is 5. The zero-order valence-electron chi connectivity index (χ0n) is 18.5. The first kappa shape index (κ1) is 31.8. The van der Waals surface area contributed by atoms with E-state index in [0.717, 1.165) is 64.2 Å². The maximum absolute atomic E-state index is 12.1. The summed E-state index contributed by atoms with van der Waals surface area (Å²) in [6.45, 7) is 5.91. The predicted molar refractivity (Wildman–Crippen MR) is 119 cm³/mol. The molecule has 0 aromatic rings. The molecule has 0 aliphatic heterocycles. The minimum atomic E-state index is -5.61. The molecule has 31 heavy (non-hydrogen) atoms. The average molecular weight is 530 g/mol. The van der Waals surface area contributed by atoms with Crippen molar-refractivity contribution in [3.05, 3.63) is 0 Å². The van der Waals surface area contributed by atoms with Gasteiger partial charge in [0, 0.05) is 5.16 Å². The van der Waals surface area contributed by atoms with E-state index in [4.69, 9.17) is 14.1 Å². The van der Waals surface area contributed by atoms with Gasteiger partial charge in [-0.05, 0) is 12.8 Å². The SMILES string of the molecule is CCCCCCCC(C)(CCCCCCC)P(O)OP(=O)(O)OP(=O)(O)OP(=O)(O)O. The lowest BCUT2D eigenvalue weighted by Gasteiger charge is -2.34. The van der Waals surface area contributed by atoms with E-state index < -0.39 is 37.0 Å². The van der Waals surface area contributed by atoms with Gasteiger partial charge in [0.25, 0.3) is 0 Å². The van der Waals surface area contributed by atoms with Crippen molar-refractivity contribution in [2.45, 2.75) is 103 Å². The molecule has 0 aromatic heterocycles. The van der Waals surface area contributed by atoms with E-state index >= 15 is 0 Å². The monoisotopic (exact) mass is 530 g/mol. The maximum Gasteiger partial charge on any atom is 0.490 e. The summed E-state index contributed by atoms with van der Waals surface area (Å²) in [5, 5.41) is -0.862. The van der Waals surface area contributed by atoms with E-state index in [0.29, 0.717) is 12.8 Å². The minimum Gasteiger partial charge on any atom is -0.349 e. The first-order valence-corrected chi connectivity index (χ1v) is 16.2. The topological polar surface area (TPSA) is 180 Å². The summed E-state index contributed by atoms with van der Waals surface area (Å²) >= 11 is 0. The van der Waals surface area contributed by atoms with E-state index in [2.05, 4.69) is 22.5 Å². The molecule has 0 aliphatic carbocycles. The van der Waals surface area contributed by atoms with Crippen LogP contribution >= 0.6 is 31.8 Å². The van der Waals surface area contributed by atoms with Gasteiger partial charge < -0.3 is 24.5 Å². The van der Waals surface area contributed by atoms with Crippen molar-refractivity contribution in [2.24, 2.45) is 0 Å². The standard InChI is InChI=1S/C16H38O11P4/c1-4-6-8-10-12-14-16(3,15-13-11-9-7-5-2)28(17)25-30(21,22)27-31(23,24)26-29(18,19)20/h17H,4-15H2,1-3H3,(H,21,22)(H,23,24)(H2,18,19,20). The third kappa shape index (κ3) is 16.1. The third-order valence-electron chi connectivity index (χ3n) is 4.70. The summed E-state index contributed by atoms with van der Waals surface area (Å²) in [4.78, 5) is 46.8. The fourth-order valence-electron chi connectivity index (χ4n) is 3.03.